The number of benzene rings is 1. The van der Waals surface area contributed by atoms with E-state index in [0.717, 1.165) is 0 Å². The Bertz CT molecular complexity index is 1420. The first kappa shape index (κ1) is 42.7. The van der Waals surface area contributed by atoms with Crippen molar-refractivity contribution in [3.05, 3.63) is 35.9 Å². The van der Waals surface area contributed by atoms with Crippen LogP contribution in [0.5, 0.6) is 0 Å². The number of hydrogen-bond acceptors (Lipinski definition) is 8. The lowest BCUT2D eigenvalue weighted by atomic mass is 9.85. The molecule has 0 aromatic heterocycles. The second-order valence-electron chi connectivity index (χ2n) is 15.7. The molecule has 1 saturated heterocycles. The summed E-state index contributed by atoms with van der Waals surface area (Å²) < 4.78 is 5.47. The van der Waals surface area contributed by atoms with Gasteiger partial charge < -0.3 is 35.8 Å². The number of ether oxygens (including phenoxy) is 1. The molecule has 1 aromatic carbocycles. The zero-order valence-corrected chi connectivity index (χ0v) is 32.0. The van der Waals surface area contributed by atoms with Gasteiger partial charge in [0.15, 0.2) is 0 Å². The maximum Gasteiger partial charge on any atom is 0.408 e. The van der Waals surface area contributed by atoms with Gasteiger partial charge in [-0.05, 0) is 42.1 Å². The molecule has 4 N–H and O–H groups in total. The summed E-state index contributed by atoms with van der Waals surface area (Å²) in [4.78, 5) is 95.3. The fourth-order valence-electron chi connectivity index (χ4n) is 5.64. The molecule has 14 heteroatoms. The van der Waals surface area contributed by atoms with Crippen LogP contribution in [0.15, 0.2) is 30.3 Å². The summed E-state index contributed by atoms with van der Waals surface area (Å²) in [7, 11) is 3.11. The average molecular weight is 715 g/mol. The standard InChI is InChI=1S/C37H58N6O8/c1-12-16-25(29(45)32(47)38-20-27(44)40-28(33(48)42(10)11)24-17-14-13-15-18-24)39-31(46)26-19-37(8,9)21-43(26)34(49)30(36(5,6)7)41-35(50)51-23(4)22(2)3/h13-15,17-18,22-23,25-26,28,30H,12,16,19-21H2,1-11H3,(H,38,47)(H,39,46)(H,40,44)(H,41,50)/t23-,25?,26+,28+,30-/m1/s1. The summed E-state index contributed by atoms with van der Waals surface area (Å²) in [5, 5.41) is 10.3. The highest BCUT2D eigenvalue weighted by Crippen LogP contribution is 2.36. The van der Waals surface area contributed by atoms with E-state index in [0.29, 0.717) is 12.0 Å². The molecule has 0 aliphatic carbocycles. The van der Waals surface area contributed by atoms with Crippen LogP contribution < -0.4 is 21.3 Å². The van der Waals surface area contributed by atoms with Gasteiger partial charge in [-0.1, -0.05) is 92.1 Å². The average Bonchev–Trinajstić information content (AvgIpc) is 3.38. The third-order valence-electron chi connectivity index (χ3n) is 8.88. The Morgan fingerprint density at radius 1 is 0.961 bits per heavy atom. The number of likely N-dealkylation sites (tertiary alicyclic amines) is 1. The number of alkyl carbamates (subject to hydrolysis) is 1. The Kier molecular flexibility index (Phi) is 15.2. The highest BCUT2D eigenvalue weighted by atomic mass is 16.6. The fourth-order valence-corrected chi connectivity index (χ4v) is 5.64. The fraction of sp³-hybridized carbons (Fsp3) is 0.649. The Balaban J connectivity index is 2.18. The maximum absolute atomic E-state index is 14.1. The zero-order valence-electron chi connectivity index (χ0n) is 32.0. The van der Waals surface area contributed by atoms with Gasteiger partial charge in [-0.3, -0.25) is 28.8 Å². The van der Waals surface area contributed by atoms with Crippen LogP contribution in [0.25, 0.3) is 0 Å². The van der Waals surface area contributed by atoms with E-state index in [1.165, 1.54) is 9.80 Å². The number of nitrogens with one attached hydrogen (secondary N) is 4. The molecule has 1 aliphatic rings. The topological polar surface area (TPSA) is 183 Å². The molecule has 0 bridgehead atoms. The van der Waals surface area contributed by atoms with Gasteiger partial charge in [0.2, 0.25) is 29.4 Å². The highest BCUT2D eigenvalue weighted by molar-refractivity contribution is 6.38. The van der Waals surface area contributed by atoms with Gasteiger partial charge in [-0.15, -0.1) is 0 Å². The van der Waals surface area contributed by atoms with Gasteiger partial charge in [0.25, 0.3) is 5.91 Å². The van der Waals surface area contributed by atoms with Gasteiger partial charge in [-0.2, -0.15) is 0 Å². The minimum absolute atomic E-state index is 0.0655. The Morgan fingerprint density at radius 2 is 1.57 bits per heavy atom. The van der Waals surface area contributed by atoms with Crippen LogP contribution in [-0.2, 0) is 33.5 Å². The second kappa shape index (κ2) is 18.1. The summed E-state index contributed by atoms with van der Waals surface area (Å²) in [6, 6.07) is 4.39. The largest absolute Gasteiger partial charge is 0.446 e. The molecule has 51 heavy (non-hydrogen) atoms. The molecule has 6 amide bonds. The van der Waals surface area contributed by atoms with Crippen LogP contribution in [0.1, 0.15) is 93.2 Å². The van der Waals surface area contributed by atoms with Crippen LogP contribution in [0.2, 0.25) is 0 Å². The SMILES string of the molecule is CCCC(NC(=O)[C@@H]1CC(C)(C)CN1C(=O)[C@@H](NC(=O)O[C@H](C)C(C)C)C(C)(C)C)C(=O)C(=O)NCC(=O)N[C@H](C(=O)N(C)C)c1ccccc1. The molecule has 1 fully saturated rings. The van der Waals surface area contributed by atoms with Crippen molar-refractivity contribution in [3.63, 3.8) is 0 Å². The number of likely N-dealkylation sites (N-methyl/N-ethyl adjacent to an activating group) is 1. The number of Topliss-reactive ketones (excluding diaryl/α,β-unsaturated/α-hetero) is 1. The van der Waals surface area contributed by atoms with E-state index >= 15 is 0 Å². The van der Waals surface area contributed by atoms with Crippen LogP contribution in [-0.4, -0.2) is 103 Å². The quantitative estimate of drug-likeness (QED) is 0.200. The van der Waals surface area contributed by atoms with E-state index < -0.39 is 77.0 Å². The smallest absolute Gasteiger partial charge is 0.408 e. The summed E-state index contributed by atoms with van der Waals surface area (Å²) in [6.45, 7) is 16.2. The van der Waals surface area contributed by atoms with Crippen LogP contribution in [0.3, 0.4) is 0 Å². The third kappa shape index (κ3) is 12.4. The summed E-state index contributed by atoms with van der Waals surface area (Å²) in [5.41, 5.74) is -0.657. The van der Waals surface area contributed by atoms with Crippen molar-refractivity contribution < 1.29 is 38.3 Å². The molecule has 1 aromatic rings. The van der Waals surface area contributed by atoms with E-state index in [-0.39, 0.29) is 37.3 Å². The van der Waals surface area contributed by atoms with Crippen molar-refractivity contribution >= 4 is 41.4 Å². The molecule has 1 aliphatic heterocycles. The number of amides is 6. The number of carbonyl (C=O) groups excluding carboxylic acids is 7. The monoisotopic (exact) mass is 714 g/mol. The molecular formula is C37H58N6O8. The lowest BCUT2D eigenvalue weighted by molar-refractivity contribution is -0.144. The highest BCUT2D eigenvalue weighted by Gasteiger charge is 2.48. The van der Waals surface area contributed by atoms with E-state index in [1.54, 1.807) is 79.0 Å². The summed E-state index contributed by atoms with van der Waals surface area (Å²) >= 11 is 0. The first-order valence-electron chi connectivity index (χ1n) is 17.5. The van der Waals surface area contributed by atoms with E-state index in [4.69, 9.17) is 4.74 Å². The molecule has 1 heterocycles. The molecule has 1 unspecified atom stereocenters. The molecule has 0 saturated carbocycles. The molecule has 0 radical (unpaired) electrons. The molecule has 5 atom stereocenters. The van der Waals surface area contributed by atoms with Gasteiger partial charge in [0, 0.05) is 20.6 Å². The van der Waals surface area contributed by atoms with Crippen molar-refractivity contribution in [2.75, 3.05) is 27.2 Å². The van der Waals surface area contributed by atoms with Crippen LogP contribution in [0, 0.1) is 16.7 Å². The van der Waals surface area contributed by atoms with Crippen molar-refractivity contribution in [2.45, 2.75) is 112 Å². The van der Waals surface area contributed by atoms with Gasteiger partial charge in [0.1, 0.15) is 24.2 Å². The second-order valence-corrected chi connectivity index (χ2v) is 15.7. The number of hydrogen-bond donors (Lipinski definition) is 4. The van der Waals surface area contributed by atoms with Crippen molar-refractivity contribution in [1.82, 2.24) is 31.1 Å². The first-order chi connectivity index (χ1) is 23.6. The zero-order chi connectivity index (χ0) is 38.8. The minimum Gasteiger partial charge on any atom is -0.446 e. The van der Waals surface area contributed by atoms with Crippen LogP contribution in [0.4, 0.5) is 4.79 Å². The van der Waals surface area contributed by atoms with Gasteiger partial charge >= 0.3 is 6.09 Å². The predicted octanol–water partition coefficient (Wildman–Crippen LogP) is 2.71. The lowest BCUT2D eigenvalue weighted by Gasteiger charge is -2.36. The number of ketones is 1. The Morgan fingerprint density at radius 3 is 2.10 bits per heavy atom. The lowest BCUT2D eigenvalue weighted by Crippen LogP contribution is -2.59. The van der Waals surface area contributed by atoms with E-state index in [1.807, 2.05) is 27.7 Å². The normalized spacial score (nSPS) is 17.7. The van der Waals surface area contributed by atoms with Crippen molar-refractivity contribution in [2.24, 2.45) is 16.7 Å². The number of nitrogens with zero attached hydrogens (tertiary/aromatic N) is 2. The Labute approximate surface area is 302 Å². The summed E-state index contributed by atoms with van der Waals surface area (Å²) in [6.07, 6.45) is -0.264. The predicted molar refractivity (Wildman–Crippen MR) is 192 cm³/mol. The number of carbonyl (C=O) groups is 7. The molecule has 284 valence electrons. The maximum atomic E-state index is 14.1. The van der Waals surface area contributed by atoms with Gasteiger partial charge in [0.05, 0.1) is 12.6 Å². The first-order valence-corrected chi connectivity index (χ1v) is 17.5. The summed E-state index contributed by atoms with van der Waals surface area (Å²) in [5.74, 6) is -4.11. The molecule has 0 spiro atoms. The van der Waals surface area contributed by atoms with E-state index in [9.17, 15) is 33.6 Å². The van der Waals surface area contributed by atoms with Crippen molar-refractivity contribution in [3.8, 4) is 0 Å². The third-order valence-corrected chi connectivity index (χ3v) is 8.88. The van der Waals surface area contributed by atoms with Crippen molar-refractivity contribution in [1.29, 1.82) is 0 Å². The molecule has 14 nitrogen and oxygen atoms in total. The van der Waals surface area contributed by atoms with Gasteiger partial charge in [-0.25, -0.2) is 4.79 Å². The van der Waals surface area contributed by atoms with E-state index in [2.05, 4.69) is 21.3 Å². The minimum atomic E-state index is -1.22. The Hall–Kier alpha value is -4.49. The number of rotatable bonds is 15. The van der Waals surface area contributed by atoms with Crippen LogP contribution >= 0.6 is 0 Å². The molecule has 2 rings (SSSR count). The molecular weight excluding hydrogens is 656 g/mol.